The molecule has 100 valence electrons. The molecule has 0 N–H and O–H groups in total. The van der Waals surface area contributed by atoms with Crippen LogP contribution in [0.2, 0.25) is 0 Å². The lowest BCUT2D eigenvalue weighted by atomic mass is 10.1. The van der Waals surface area contributed by atoms with Crippen molar-refractivity contribution < 1.29 is 13.6 Å². The summed E-state index contributed by atoms with van der Waals surface area (Å²) in [6, 6.07) is 13.5. The summed E-state index contributed by atoms with van der Waals surface area (Å²) >= 11 is 0. The van der Waals surface area contributed by atoms with Crippen LogP contribution >= 0.6 is 0 Å². The summed E-state index contributed by atoms with van der Waals surface area (Å²) in [5.74, 6) is -0.0635. The smallest absolute Gasteiger partial charge is 0.202 e. The zero-order valence-corrected chi connectivity index (χ0v) is 11.0. The molecule has 0 atom stereocenters. The normalized spacial score (nSPS) is 10.9. The molecule has 1 heterocycles. The van der Waals surface area contributed by atoms with Crippen LogP contribution in [0.5, 0.6) is 0 Å². The summed E-state index contributed by atoms with van der Waals surface area (Å²) in [6.07, 6.45) is 0.207. The maximum atomic E-state index is 12.8. The molecule has 3 heteroatoms. The van der Waals surface area contributed by atoms with E-state index in [2.05, 4.69) is 0 Å². The highest BCUT2D eigenvalue weighted by atomic mass is 19.1. The lowest BCUT2D eigenvalue weighted by molar-refractivity contribution is 0.0968. The van der Waals surface area contributed by atoms with E-state index in [-0.39, 0.29) is 18.0 Å². The van der Waals surface area contributed by atoms with Gasteiger partial charge in [-0.25, -0.2) is 4.39 Å². The van der Waals surface area contributed by atoms with Crippen molar-refractivity contribution >= 4 is 16.8 Å². The monoisotopic (exact) mass is 268 g/mol. The number of fused-ring (bicyclic) bond motifs is 1. The Kier molecular flexibility index (Phi) is 3.11. The minimum atomic E-state index is -0.305. The molecule has 0 amide bonds. The average molecular weight is 268 g/mol. The zero-order valence-electron chi connectivity index (χ0n) is 11.0. The summed E-state index contributed by atoms with van der Waals surface area (Å²) in [4.78, 5) is 12.2. The van der Waals surface area contributed by atoms with Crippen molar-refractivity contribution in [2.24, 2.45) is 0 Å². The first-order valence-electron chi connectivity index (χ1n) is 6.40. The Morgan fingerprint density at radius 2 is 1.90 bits per heavy atom. The molecular weight excluding hydrogens is 255 g/mol. The molecule has 0 aliphatic carbocycles. The fourth-order valence-corrected chi connectivity index (χ4v) is 2.22. The Morgan fingerprint density at radius 3 is 2.60 bits per heavy atom. The van der Waals surface area contributed by atoms with Gasteiger partial charge in [0.1, 0.15) is 11.4 Å². The molecule has 0 fully saturated rings. The molecule has 20 heavy (non-hydrogen) atoms. The van der Waals surface area contributed by atoms with E-state index >= 15 is 0 Å². The number of aryl methyl sites for hydroxylation is 1. The van der Waals surface area contributed by atoms with Crippen LogP contribution in [0.25, 0.3) is 11.0 Å². The van der Waals surface area contributed by atoms with Gasteiger partial charge in [-0.15, -0.1) is 0 Å². The molecule has 0 aliphatic heterocycles. The summed E-state index contributed by atoms with van der Waals surface area (Å²) in [6.45, 7) is 1.94. The summed E-state index contributed by atoms with van der Waals surface area (Å²) < 4.78 is 18.5. The van der Waals surface area contributed by atoms with Gasteiger partial charge in [-0.2, -0.15) is 0 Å². The topological polar surface area (TPSA) is 30.2 Å². The van der Waals surface area contributed by atoms with Gasteiger partial charge in [-0.05, 0) is 36.2 Å². The Hall–Kier alpha value is -2.42. The van der Waals surface area contributed by atoms with Crippen LogP contribution in [0.3, 0.4) is 0 Å². The van der Waals surface area contributed by atoms with E-state index in [1.807, 2.05) is 25.1 Å². The van der Waals surface area contributed by atoms with Gasteiger partial charge in [0.15, 0.2) is 5.76 Å². The molecule has 1 aromatic heterocycles. The van der Waals surface area contributed by atoms with Gasteiger partial charge in [0.05, 0.1) is 0 Å². The van der Waals surface area contributed by atoms with E-state index in [9.17, 15) is 9.18 Å². The van der Waals surface area contributed by atoms with Gasteiger partial charge >= 0.3 is 0 Å². The average Bonchev–Trinajstić information content (AvgIpc) is 2.87. The third-order valence-corrected chi connectivity index (χ3v) is 3.29. The predicted molar refractivity (Wildman–Crippen MR) is 75.4 cm³/mol. The molecule has 3 rings (SSSR count). The van der Waals surface area contributed by atoms with Gasteiger partial charge in [-0.3, -0.25) is 4.79 Å². The van der Waals surface area contributed by atoms with Crippen LogP contribution in [0.15, 0.2) is 52.9 Å². The molecular formula is C17H13FO2. The van der Waals surface area contributed by atoms with Gasteiger partial charge in [0, 0.05) is 11.8 Å². The first-order valence-corrected chi connectivity index (χ1v) is 6.40. The number of Topliss-reactive ketones (excluding diaryl/α,β-unsaturated/α-hetero) is 1. The van der Waals surface area contributed by atoms with Crippen molar-refractivity contribution in [1.82, 2.24) is 0 Å². The second kappa shape index (κ2) is 4.93. The second-order valence-corrected chi connectivity index (χ2v) is 4.83. The molecule has 0 bridgehead atoms. The standard InChI is InChI=1S/C17H13FO2/c1-11-3-2-4-13-10-16(20-17(11)13)15(19)9-12-5-7-14(18)8-6-12/h2-8,10H,9H2,1H3. The van der Waals surface area contributed by atoms with Crippen LogP contribution in [0, 0.1) is 12.7 Å². The molecule has 2 aromatic carbocycles. The number of rotatable bonds is 3. The number of hydrogen-bond acceptors (Lipinski definition) is 2. The Balaban J connectivity index is 1.89. The highest BCUT2D eigenvalue weighted by Crippen LogP contribution is 2.23. The minimum Gasteiger partial charge on any atom is -0.453 e. The SMILES string of the molecule is Cc1cccc2cc(C(=O)Cc3ccc(F)cc3)oc12. The number of hydrogen-bond donors (Lipinski definition) is 0. The van der Waals surface area contributed by atoms with Crippen LogP contribution < -0.4 is 0 Å². The van der Waals surface area contributed by atoms with E-state index in [1.165, 1.54) is 12.1 Å². The maximum absolute atomic E-state index is 12.8. The number of carbonyl (C=O) groups is 1. The first-order chi connectivity index (χ1) is 9.63. The number of para-hydroxylation sites is 1. The number of furan rings is 1. The predicted octanol–water partition coefficient (Wildman–Crippen LogP) is 4.31. The molecule has 0 spiro atoms. The fourth-order valence-electron chi connectivity index (χ4n) is 2.22. The molecule has 0 unspecified atom stereocenters. The number of carbonyl (C=O) groups excluding carboxylic acids is 1. The Morgan fingerprint density at radius 1 is 1.15 bits per heavy atom. The van der Waals surface area contributed by atoms with Gasteiger partial charge in [0.25, 0.3) is 0 Å². The van der Waals surface area contributed by atoms with Crippen molar-refractivity contribution in [2.75, 3.05) is 0 Å². The van der Waals surface area contributed by atoms with Crippen molar-refractivity contribution in [3.63, 3.8) is 0 Å². The largest absolute Gasteiger partial charge is 0.453 e. The van der Waals surface area contributed by atoms with Gasteiger partial charge in [0.2, 0.25) is 5.78 Å². The summed E-state index contributed by atoms with van der Waals surface area (Å²) in [5.41, 5.74) is 2.52. The first kappa shape index (κ1) is 12.6. The second-order valence-electron chi connectivity index (χ2n) is 4.83. The molecule has 3 aromatic rings. The Bertz CT molecular complexity index is 769. The quantitative estimate of drug-likeness (QED) is 0.663. The zero-order chi connectivity index (χ0) is 14.1. The lowest BCUT2D eigenvalue weighted by Crippen LogP contribution is -2.01. The number of halogens is 1. The summed E-state index contributed by atoms with van der Waals surface area (Å²) in [5, 5.41) is 0.924. The molecule has 0 aliphatic rings. The van der Waals surface area contributed by atoms with Crippen molar-refractivity contribution in [3.8, 4) is 0 Å². The third kappa shape index (κ3) is 2.35. The number of benzene rings is 2. The van der Waals surface area contributed by atoms with Crippen LogP contribution in [0.4, 0.5) is 4.39 Å². The maximum Gasteiger partial charge on any atom is 0.202 e. The van der Waals surface area contributed by atoms with Crippen LogP contribution in [0.1, 0.15) is 21.7 Å². The number of ketones is 1. The van der Waals surface area contributed by atoms with E-state index in [4.69, 9.17) is 4.42 Å². The van der Waals surface area contributed by atoms with E-state index in [0.717, 1.165) is 22.1 Å². The van der Waals surface area contributed by atoms with Crippen molar-refractivity contribution in [3.05, 3.63) is 71.2 Å². The fraction of sp³-hybridized carbons (Fsp3) is 0.118. The van der Waals surface area contributed by atoms with E-state index < -0.39 is 0 Å². The minimum absolute atomic E-state index is 0.104. The Labute approximate surface area is 115 Å². The third-order valence-electron chi connectivity index (χ3n) is 3.29. The van der Waals surface area contributed by atoms with Crippen molar-refractivity contribution in [1.29, 1.82) is 0 Å². The van der Waals surface area contributed by atoms with Crippen LogP contribution in [-0.2, 0) is 6.42 Å². The van der Waals surface area contributed by atoms with E-state index in [1.54, 1.807) is 18.2 Å². The molecule has 0 saturated carbocycles. The summed E-state index contributed by atoms with van der Waals surface area (Å²) in [7, 11) is 0. The van der Waals surface area contributed by atoms with Crippen LogP contribution in [-0.4, -0.2) is 5.78 Å². The van der Waals surface area contributed by atoms with Crippen molar-refractivity contribution in [2.45, 2.75) is 13.3 Å². The van der Waals surface area contributed by atoms with Gasteiger partial charge in [-0.1, -0.05) is 30.3 Å². The molecule has 2 nitrogen and oxygen atoms in total. The van der Waals surface area contributed by atoms with Gasteiger partial charge < -0.3 is 4.42 Å². The molecule has 0 radical (unpaired) electrons. The highest BCUT2D eigenvalue weighted by molar-refractivity contribution is 5.99. The molecule has 0 saturated heterocycles. The van der Waals surface area contributed by atoms with E-state index in [0.29, 0.717) is 5.76 Å². The lowest BCUT2D eigenvalue weighted by Gasteiger charge is -1.98. The highest BCUT2D eigenvalue weighted by Gasteiger charge is 2.13.